The van der Waals surface area contributed by atoms with Crippen LogP contribution in [0.5, 0.6) is 0 Å². The molecular weight excluding hydrogens is 284 g/mol. The lowest BCUT2D eigenvalue weighted by Gasteiger charge is -2.33. The molecule has 4 heteroatoms. The summed E-state index contributed by atoms with van der Waals surface area (Å²) in [7, 11) is 0. The van der Waals surface area contributed by atoms with E-state index in [1.54, 1.807) is 0 Å². The minimum absolute atomic E-state index is 0.00640. The number of nitrogens with one attached hydrogen (secondary N) is 1. The van der Waals surface area contributed by atoms with Crippen molar-refractivity contribution < 1.29 is 4.79 Å². The fourth-order valence-electron chi connectivity index (χ4n) is 3.24. The van der Waals surface area contributed by atoms with Crippen LogP contribution in [0.1, 0.15) is 50.8 Å². The highest BCUT2D eigenvalue weighted by atomic mass is 35.5. The lowest BCUT2D eigenvalue weighted by Crippen LogP contribution is -2.37. The third-order valence-electron chi connectivity index (χ3n) is 4.69. The van der Waals surface area contributed by atoms with E-state index in [9.17, 15) is 4.79 Å². The van der Waals surface area contributed by atoms with Gasteiger partial charge in [-0.3, -0.25) is 10.1 Å². The first-order valence-corrected chi connectivity index (χ1v) is 8.39. The van der Waals surface area contributed by atoms with Gasteiger partial charge in [0.2, 0.25) is 5.91 Å². The van der Waals surface area contributed by atoms with E-state index in [2.05, 4.69) is 12.2 Å². The molecule has 3 rings (SSSR count). The monoisotopic (exact) mass is 306 g/mol. The van der Waals surface area contributed by atoms with E-state index < -0.39 is 0 Å². The molecule has 0 radical (unpaired) electrons. The van der Waals surface area contributed by atoms with Gasteiger partial charge in [-0.25, -0.2) is 0 Å². The molecule has 1 saturated heterocycles. The number of nitrogens with zero attached hydrogens (tertiary/aromatic N) is 1. The Morgan fingerprint density at radius 1 is 1.29 bits per heavy atom. The van der Waals surface area contributed by atoms with Crippen LogP contribution in [-0.4, -0.2) is 23.4 Å². The Labute approximate surface area is 131 Å². The molecule has 0 spiro atoms. The van der Waals surface area contributed by atoms with Crippen LogP contribution in [0.2, 0.25) is 5.02 Å². The molecule has 0 aromatic heterocycles. The highest BCUT2D eigenvalue weighted by Gasteiger charge is 2.40. The Morgan fingerprint density at radius 2 is 2.00 bits per heavy atom. The van der Waals surface area contributed by atoms with Crippen molar-refractivity contribution in [1.29, 1.82) is 0 Å². The minimum atomic E-state index is -0.0317. The molecule has 114 valence electrons. The van der Waals surface area contributed by atoms with Crippen molar-refractivity contribution in [2.45, 2.75) is 51.2 Å². The van der Waals surface area contributed by atoms with Crippen molar-refractivity contribution in [3.8, 4) is 0 Å². The maximum absolute atomic E-state index is 12.7. The number of amides is 1. The fourth-order valence-corrected chi connectivity index (χ4v) is 3.37. The Hall–Kier alpha value is -1.06. The standard InChI is InChI=1S/C17H23ClN2O/c1-2-4-15-17(21)20(11-12-5-3-6-12)16(19-15)13-7-9-14(18)10-8-13/h7-10,12,15-16,19H,2-6,11H2,1H3. The summed E-state index contributed by atoms with van der Waals surface area (Å²) < 4.78 is 0. The SMILES string of the molecule is CCCC1NC(c2ccc(Cl)cc2)N(CC2CCC2)C1=O. The second-order valence-electron chi connectivity index (χ2n) is 6.25. The summed E-state index contributed by atoms with van der Waals surface area (Å²) >= 11 is 5.98. The first kappa shape index (κ1) is 14.9. The van der Waals surface area contributed by atoms with Gasteiger partial charge < -0.3 is 4.90 Å². The van der Waals surface area contributed by atoms with Crippen molar-refractivity contribution in [3.63, 3.8) is 0 Å². The van der Waals surface area contributed by atoms with Crippen LogP contribution in [0.15, 0.2) is 24.3 Å². The molecule has 2 aliphatic rings. The number of rotatable bonds is 5. The average Bonchev–Trinajstić information content (AvgIpc) is 2.73. The fraction of sp³-hybridized carbons (Fsp3) is 0.588. The van der Waals surface area contributed by atoms with Gasteiger partial charge in [0.05, 0.1) is 6.04 Å². The van der Waals surface area contributed by atoms with E-state index in [4.69, 9.17) is 11.6 Å². The maximum atomic E-state index is 12.7. The zero-order valence-electron chi connectivity index (χ0n) is 12.5. The van der Waals surface area contributed by atoms with E-state index in [0.717, 1.165) is 30.0 Å². The summed E-state index contributed by atoms with van der Waals surface area (Å²) in [5, 5.41) is 4.25. The van der Waals surface area contributed by atoms with Gasteiger partial charge in [-0.15, -0.1) is 0 Å². The van der Waals surface area contributed by atoms with Crippen molar-refractivity contribution in [2.24, 2.45) is 5.92 Å². The van der Waals surface area contributed by atoms with E-state index in [-0.39, 0.29) is 18.1 Å². The molecule has 1 saturated carbocycles. The van der Waals surface area contributed by atoms with Gasteiger partial charge in [0.15, 0.2) is 0 Å². The molecule has 0 bridgehead atoms. The number of benzene rings is 1. The molecule has 1 N–H and O–H groups in total. The zero-order valence-corrected chi connectivity index (χ0v) is 13.3. The smallest absolute Gasteiger partial charge is 0.241 e. The predicted octanol–water partition coefficient (Wildman–Crippen LogP) is 3.74. The molecule has 1 amide bonds. The molecule has 1 aliphatic heterocycles. The first-order chi connectivity index (χ1) is 10.2. The normalized spacial score (nSPS) is 26.2. The van der Waals surface area contributed by atoms with E-state index in [1.807, 2.05) is 29.2 Å². The van der Waals surface area contributed by atoms with Crippen molar-refractivity contribution in [1.82, 2.24) is 10.2 Å². The van der Waals surface area contributed by atoms with Crippen molar-refractivity contribution in [2.75, 3.05) is 6.54 Å². The summed E-state index contributed by atoms with van der Waals surface area (Å²) in [5.41, 5.74) is 1.13. The summed E-state index contributed by atoms with van der Waals surface area (Å²) in [4.78, 5) is 14.7. The Bertz CT molecular complexity index is 498. The van der Waals surface area contributed by atoms with Crippen LogP contribution >= 0.6 is 11.6 Å². The van der Waals surface area contributed by atoms with Crippen molar-refractivity contribution >= 4 is 17.5 Å². The topological polar surface area (TPSA) is 32.3 Å². The van der Waals surface area contributed by atoms with Gasteiger partial charge in [-0.05, 0) is 42.9 Å². The number of carbonyl (C=O) groups excluding carboxylic acids is 1. The van der Waals surface area contributed by atoms with Gasteiger partial charge in [0, 0.05) is 11.6 Å². The van der Waals surface area contributed by atoms with Crippen LogP contribution < -0.4 is 5.32 Å². The number of carbonyl (C=O) groups is 1. The van der Waals surface area contributed by atoms with E-state index in [0.29, 0.717) is 5.92 Å². The second-order valence-corrected chi connectivity index (χ2v) is 6.69. The molecule has 3 nitrogen and oxygen atoms in total. The van der Waals surface area contributed by atoms with Gasteiger partial charge >= 0.3 is 0 Å². The minimum Gasteiger partial charge on any atom is -0.321 e. The second kappa shape index (κ2) is 6.37. The Morgan fingerprint density at radius 3 is 2.57 bits per heavy atom. The number of hydrogen-bond donors (Lipinski definition) is 1. The first-order valence-electron chi connectivity index (χ1n) is 8.01. The third-order valence-corrected chi connectivity index (χ3v) is 4.95. The summed E-state index contributed by atoms with van der Waals surface area (Å²) in [6.07, 6.45) is 5.76. The van der Waals surface area contributed by atoms with Crippen LogP contribution in [-0.2, 0) is 4.79 Å². The van der Waals surface area contributed by atoms with Crippen LogP contribution in [0.4, 0.5) is 0 Å². The van der Waals surface area contributed by atoms with Gasteiger partial charge in [-0.1, -0.05) is 43.5 Å². The van der Waals surface area contributed by atoms with Crippen LogP contribution in [0.25, 0.3) is 0 Å². The molecule has 1 heterocycles. The quantitative estimate of drug-likeness (QED) is 0.899. The van der Waals surface area contributed by atoms with E-state index >= 15 is 0 Å². The lowest BCUT2D eigenvalue weighted by molar-refractivity contribution is -0.131. The molecule has 1 aromatic carbocycles. The molecule has 2 atom stereocenters. The maximum Gasteiger partial charge on any atom is 0.241 e. The Balaban J connectivity index is 1.80. The van der Waals surface area contributed by atoms with Gasteiger partial charge in [0.25, 0.3) is 0 Å². The van der Waals surface area contributed by atoms with Gasteiger partial charge in [-0.2, -0.15) is 0 Å². The highest BCUT2D eigenvalue weighted by molar-refractivity contribution is 6.30. The zero-order chi connectivity index (χ0) is 14.8. The number of hydrogen-bond acceptors (Lipinski definition) is 2. The number of halogens is 1. The van der Waals surface area contributed by atoms with Crippen molar-refractivity contribution in [3.05, 3.63) is 34.9 Å². The molecule has 2 unspecified atom stereocenters. The molecule has 1 aliphatic carbocycles. The summed E-state index contributed by atoms with van der Waals surface area (Å²) in [6, 6.07) is 7.82. The van der Waals surface area contributed by atoms with E-state index in [1.165, 1.54) is 19.3 Å². The van der Waals surface area contributed by atoms with Crippen LogP contribution in [0.3, 0.4) is 0 Å². The third kappa shape index (κ3) is 3.09. The summed E-state index contributed by atoms with van der Waals surface area (Å²) in [6.45, 7) is 3.01. The highest BCUT2D eigenvalue weighted by Crippen LogP contribution is 2.33. The molecular formula is C17H23ClN2O. The van der Waals surface area contributed by atoms with Gasteiger partial charge in [0.1, 0.15) is 6.17 Å². The summed E-state index contributed by atoms with van der Waals surface area (Å²) in [5.74, 6) is 0.953. The largest absolute Gasteiger partial charge is 0.321 e. The lowest BCUT2D eigenvalue weighted by atomic mass is 9.85. The molecule has 1 aromatic rings. The predicted molar refractivity (Wildman–Crippen MR) is 85.1 cm³/mol. The van der Waals surface area contributed by atoms with Crippen LogP contribution in [0, 0.1) is 5.92 Å². The average molecular weight is 307 g/mol. The Kier molecular flexibility index (Phi) is 4.51. The molecule has 2 fully saturated rings. The molecule has 21 heavy (non-hydrogen) atoms.